The molecule has 28 heavy (non-hydrogen) atoms. The van der Waals surface area contributed by atoms with Gasteiger partial charge in [0.05, 0.1) is 11.1 Å². The van der Waals surface area contributed by atoms with Crippen molar-refractivity contribution in [3.8, 4) is 22.8 Å². The Hall–Kier alpha value is -2.87. The average Bonchev–Trinajstić information content (AvgIpc) is 2.61. The van der Waals surface area contributed by atoms with Crippen molar-refractivity contribution in [3.63, 3.8) is 0 Å². The lowest BCUT2D eigenvalue weighted by atomic mass is 9.86. The molecule has 2 heteroatoms. The molecular weight excluding hydrogens is 342 g/mol. The second-order valence-corrected chi connectivity index (χ2v) is 9.24. The van der Waals surface area contributed by atoms with Crippen molar-refractivity contribution >= 4 is 21.5 Å². The molecule has 2 nitrogen and oxygen atoms in total. The SMILES string of the molecule is Cc1cccc2cc3c(c(C)c12)Oc1cc(CC(C)(C)C)cc2ccnc-3c12. The zero-order chi connectivity index (χ0) is 19.6. The molecule has 4 aromatic rings. The lowest BCUT2D eigenvalue weighted by Crippen LogP contribution is -2.10. The summed E-state index contributed by atoms with van der Waals surface area (Å²) in [6, 6.07) is 15.3. The molecule has 0 N–H and O–H groups in total. The summed E-state index contributed by atoms with van der Waals surface area (Å²) >= 11 is 0. The van der Waals surface area contributed by atoms with Crippen LogP contribution in [-0.2, 0) is 6.42 Å². The second kappa shape index (κ2) is 5.81. The third-order valence-electron chi connectivity index (χ3n) is 5.65. The van der Waals surface area contributed by atoms with Gasteiger partial charge in [-0.3, -0.25) is 4.98 Å². The molecule has 0 spiro atoms. The zero-order valence-corrected chi connectivity index (χ0v) is 17.2. The van der Waals surface area contributed by atoms with Gasteiger partial charge in [-0.15, -0.1) is 0 Å². The summed E-state index contributed by atoms with van der Waals surface area (Å²) in [4.78, 5) is 4.77. The fourth-order valence-electron chi connectivity index (χ4n) is 4.61. The van der Waals surface area contributed by atoms with E-state index in [0.717, 1.165) is 34.6 Å². The van der Waals surface area contributed by atoms with Crippen molar-refractivity contribution in [2.75, 3.05) is 0 Å². The molecule has 0 unspecified atom stereocenters. The Labute approximate surface area is 166 Å². The van der Waals surface area contributed by atoms with Gasteiger partial charge in [0.2, 0.25) is 0 Å². The van der Waals surface area contributed by atoms with Crippen molar-refractivity contribution in [3.05, 3.63) is 65.4 Å². The molecule has 1 aliphatic heterocycles. The van der Waals surface area contributed by atoms with Gasteiger partial charge in [0.15, 0.2) is 0 Å². The Kier molecular flexibility index (Phi) is 3.58. The van der Waals surface area contributed by atoms with Crippen LogP contribution in [0.3, 0.4) is 0 Å². The van der Waals surface area contributed by atoms with Crippen LogP contribution in [-0.4, -0.2) is 4.98 Å². The highest BCUT2D eigenvalue weighted by Crippen LogP contribution is 2.49. The molecule has 0 aliphatic carbocycles. The van der Waals surface area contributed by atoms with Gasteiger partial charge >= 0.3 is 0 Å². The molecule has 1 aliphatic rings. The number of aryl methyl sites for hydroxylation is 2. The molecule has 0 amide bonds. The van der Waals surface area contributed by atoms with Gasteiger partial charge in [-0.05, 0) is 71.2 Å². The lowest BCUT2D eigenvalue weighted by Gasteiger charge is -2.25. The zero-order valence-electron chi connectivity index (χ0n) is 17.2. The summed E-state index contributed by atoms with van der Waals surface area (Å²) in [5.41, 5.74) is 6.13. The number of pyridine rings is 1. The molecule has 1 aromatic heterocycles. The predicted octanol–water partition coefficient (Wildman–Crippen LogP) is 7.37. The number of rotatable bonds is 1. The van der Waals surface area contributed by atoms with Gasteiger partial charge < -0.3 is 4.74 Å². The van der Waals surface area contributed by atoms with Crippen LogP contribution in [0.25, 0.3) is 32.8 Å². The largest absolute Gasteiger partial charge is 0.456 e. The molecular formula is C26H25NO. The number of hydrogen-bond acceptors (Lipinski definition) is 2. The topological polar surface area (TPSA) is 22.1 Å². The standard InChI is InChI=1S/C26H25NO/c1-15-7-6-8-18-13-20-24-23-19(9-10-27-24)11-17(14-26(3,4)5)12-21(23)28-25(20)16(2)22(15)18/h6-13H,14H2,1-5H3. The van der Waals surface area contributed by atoms with Crippen molar-refractivity contribution < 1.29 is 4.74 Å². The van der Waals surface area contributed by atoms with Crippen molar-refractivity contribution in [1.82, 2.24) is 4.98 Å². The van der Waals surface area contributed by atoms with E-state index in [1.165, 1.54) is 32.8 Å². The lowest BCUT2D eigenvalue weighted by molar-refractivity contribution is 0.410. The van der Waals surface area contributed by atoms with Crippen molar-refractivity contribution in [1.29, 1.82) is 0 Å². The highest BCUT2D eigenvalue weighted by atomic mass is 16.5. The van der Waals surface area contributed by atoms with E-state index >= 15 is 0 Å². The van der Waals surface area contributed by atoms with Crippen LogP contribution in [0.2, 0.25) is 0 Å². The smallest absolute Gasteiger partial charge is 0.140 e. The number of fused-ring (bicyclic) bond motifs is 3. The first-order chi connectivity index (χ1) is 13.3. The molecule has 0 radical (unpaired) electrons. The number of ether oxygens (including phenoxy) is 1. The first kappa shape index (κ1) is 17.2. The maximum Gasteiger partial charge on any atom is 0.140 e. The van der Waals surface area contributed by atoms with E-state index in [9.17, 15) is 0 Å². The van der Waals surface area contributed by atoms with Gasteiger partial charge in [-0.1, -0.05) is 45.0 Å². The second-order valence-electron chi connectivity index (χ2n) is 9.24. The summed E-state index contributed by atoms with van der Waals surface area (Å²) in [6.45, 7) is 11.2. The average molecular weight is 367 g/mol. The van der Waals surface area contributed by atoms with Crippen LogP contribution in [0.5, 0.6) is 11.5 Å². The van der Waals surface area contributed by atoms with Crippen LogP contribution >= 0.6 is 0 Å². The predicted molar refractivity (Wildman–Crippen MR) is 117 cm³/mol. The molecule has 140 valence electrons. The summed E-state index contributed by atoms with van der Waals surface area (Å²) in [7, 11) is 0. The Balaban J connectivity index is 1.82. The van der Waals surface area contributed by atoms with Crippen molar-refractivity contribution in [2.45, 2.75) is 41.0 Å². The molecule has 0 atom stereocenters. The first-order valence-electron chi connectivity index (χ1n) is 9.95. The van der Waals surface area contributed by atoms with Gasteiger partial charge in [-0.2, -0.15) is 0 Å². The van der Waals surface area contributed by atoms with E-state index < -0.39 is 0 Å². The van der Waals surface area contributed by atoms with Gasteiger partial charge in [0.25, 0.3) is 0 Å². The molecule has 5 rings (SSSR count). The quantitative estimate of drug-likeness (QED) is 0.309. The van der Waals surface area contributed by atoms with Crippen LogP contribution < -0.4 is 4.74 Å². The van der Waals surface area contributed by atoms with Gasteiger partial charge in [-0.25, -0.2) is 0 Å². The van der Waals surface area contributed by atoms with E-state index in [0.29, 0.717) is 0 Å². The van der Waals surface area contributed by atoms with Gasteiger partial charge in [0.1, 0.15) is 11.5 Å². The molecule has 2 heterocycles. The third-order valence-corrected chi connectivity index (χ3v) is 5.65. The number of benzene rings is 3. The molecule has 0 fully saturated rings. The normalized spacial score (nSPS) is 12.9. The number of hydrogen-bond donors (Lipinski definition) is 0. The Bertz CT molecular complexity index is 1260. The summed E-state index contributed by atoms with van der Waals surface area (Å²) < 4.78 is 6.56. The summed E-state index contributed by atoms with van der Waals surface area (Å²) in [6.07, 6.45) is 2.94. The van der Waals surface area contributed by atoms with E-state index in [-0.39, 0.29) is 5.41 Å². The highest BCUT2D eigenvalue weighted by Gasteiger charge is 2.25. The fraction of sp³-hybridized carbons (Fsp3) is 0.269. The van der Waals surface area contributed by atoms with Crippen LogP contribution in [0, 0.1) is 19.3 Å². The van der Waals surface area contributed by atoms with Gasteiger partial charge in [0, 0.05) is 17.3 Å². The van der Waals surface area contributed by atoms with E-state index in [2.05, 4.69) is 77.1 Å². The Morgan fingerprint density at radius 1 is 0.929 bits per heavy atom. The monoisotopic (exact) mass is 367 g/mol. The molecule has 3 aromatic carbocycles. The maximum absolute atomic E-state index is 6.56. The summed E-state index contributed by atoms with van der Waals surface area (Å²) in [5, 5.41) is 4.85. The molecule has 0 saturated carbocycles. The molecule has 0 saturated heterocycles. The van der Waals surface area contributed by atoms with Crippen molar-refractivity contribution in [2.24, 2.45) is 5.41 Å². The van der Waals surface area contributed by atoms with E-state index in [1.807, 2.05) is 6.20 Å². The van der Waals surface area contributed by atoms with E-state index in [1.54, 1.807) is 0 Å². The van der Waals surface area contributed by atoms with Crippen LogP contribution in [0.4, 0.5) is 0 Å². The number of aromatic nitrogens is 1. The van der Waals surface area contributed by atoms with Crippen LogP contribution in [0.15, 0.2) is 48.7 Å². The minimum absolute atomic E-state index is 0.228. The maximum atomic E-state index is 6.56. The minimum Gasteiger partial charge on any atom is -0.456 e. The summed E-state index contributed by atoms with van der Waals surface area (Å²) in [5.74, 6) is 1.88. The third kappa shape index (κ3) is 2.59. The highest BCUT2D eigenvalue weighted by molar-refractivity contribution is 6.06. The first-order valence-corrected chi connectivity index (χ1v) is 9.95. The molecule has 0 bridgehead atoms. The number of nitrogens with zero attached hydrogens (tertiary/aromatic N) is 1. The Morgan fingerprint density at radius 3 is 2.50 bits per heavy atom. The fourth-order valence-corrected chi connectivity index (χ4v) is 4.61. The van der Waals surface area contributed by atoms with Crippen LogP contribution in [0.1, 0.15) is 37.5 Å². The van der Waals surface area contributed by atoms with E-state index in [4.69, 9.17) is 9.72 Å². The Morgan fingerprint density at radius 2 is 1.71 bits per heavy atom. The minimum atomic E-state index is 0.228.